The predicted molar refractivity (Wildman–Crippen MR) is 75.6 cm³/mol. The number of hydrogen-bond donors (Lipinski definition) is 2. The summed E-state index contributed by atoms with van der Waals surface area (Å²) in [7, 11) is 0. The molecule has 2 aliphatic rings. The molecule has 2 heterocycles. The highest BCUT2D eigenvalue weighted by Gasteiger charge is 2.36. The standard InChI is InChI=1S/C12H11N5OS/c1-7(18)17-11-10(14-12(19)15-11)13-9(16-17)8-5-3-2-4-6-8/h2-6,11H,1H3,(H2,13,14,15,16,19). The maximum Gasteiger partial charge on any atom is 0.240 e. The average Bonchev–Trinajstić information content (AvgIpc) is 2.78. The Morgan fingerprint density at radius 2 is 2.05 bits per heavy atom. The van der Waals surface area contributed by atoms with Gasteiger partial charge in [0, 0.05) is 12.5 Å². The fraction of sp³-hybridized carbons (Fsp3) is 0.167. The highest BCUT2D eigenvalue weighted by atomic mass is 32.1. The summed E-state index contributed by atoms with van der Waals surface area (Å²) in [6.07, 6.45) is -0.433. The van der Waals surface area contributed by atoms with E-state index in [1.165, 1.54) is 11.9 Å². The van der Waals surface area contributed by atoms with Gasteiger partial charge in [0.2, 0.25) is 5.91 Å². The number of amidine groups is 2. The molecule has 0 aliphatic carbocycles. The van der Waals surface area contributed by atoms with Crippen LogP contribution in [-0.4, -0.2) is 33.9 Å². The van der Waals surface area contributed by atoms with Gasteiger partial charge in [-0.2, -0.15) is 0 Å². The zero-order valence-electron chi connectivity index (χ0n) is 10.1. The van der Waals surface area contributed by atoms with Crippen LogP contribution in [-0.2, 0) is 4.79 Å². The lowest BCUT2D eigenvalue weighted by Crippen LogP contribution is -2.61. The Balaban J connectivity index is 2.03. The summed E-state index contributed by atoms with van der Waals surface area (Å²) in [4.78, 5) is 20.2. The molecule has 2 N–H and O–H groups in total. The van der Waals surface area contributed by atoms with Crippen molar-refractivity contribution >= 4 is 34.9 Å². The lowest BCUT2D eigenvalue weighted by Gasteiger charge is -2.32. The number of rotatable bonds is 1. The van der Waals surface area contributed by atoms with Crippen LogP contribution in [0.3, 0.4) is 0 Å². The predicted octanol–water partition coefficient (Wildman–Crippen LogP) is 0.413. The fourth-order valence-electron chi connectivity index (χ4n) is 1.95. The molecule has 1 aromatic carbocycles. The molecule has 1 aromatic rings. The van der Waals surface area contributed by atoms with Gasteiger partial charge in [-0.25, -0.2) is 15.0 Å². The molecule has 1 unspecified atom stereocenters. The third kappa shape index (κ3) is 2.08. The Hall–Kier alpha value is -2.28. The number of hydrogen-bond acceptors (Lipinski definition) is 4. The maximum absolute atomic E-state index is 11.7. The second-order valence-corrected chi connectivity index (χ2v) is 4.54. The van der Waals surface area contributed by atoms with Crippen LogP contribution in [0.5, 0.6) is 0 Å². The maximum atomic E-state index is 11.7. The van der Waals surface area contributed by atoms with E-state index in [9.17, 15) is 4.79 Å². The summed E-state index contributed by atoms with van der Waals surface area (Å²) in [6, 6.07) is 9.55. The van der Waals surface area contributed by atoms with Crippen molar-refractivity contribution < 1.29 is 4.79 Å². The molecular formula is C12H11N5OS. The average molecular weight is 273 g/mol. The molecule has 96 valence electrons. The van der Waals surface area contributed by atoms with Crippen molar-refractivity contribution in [2.45, 2.75) is 13.1 Å². The second kappa shape index (κ2) is 4.43. The first-order chi connectivity index (χ1) is 9.15. The number of nitrogens with one attached hydrogen (secondary N) is 2. The van der Waals surface area contributed by atoms with Crippen molar-refractivity contribution in [1.82, 2.24) is 15.8 Å². The molecule has 6 nitrogen and oxygen atoms in total. The number of aliphatic imine (C=N–C) groups is 2. The minimum absolute atomic E-state index is 0.141. The van der Waals surface area contributed by atoms with Crippen molar-refractivity contribution in [3.05, 3.63) is 35.9 Å². The van der Waals surface area contributed by atoms with Crippen molar-refractivity contribution in [3.63, 3.8) is 0 Å². The molecule has 0 aromatic heterocycles. The topological polar surface area (TPSA) is 69.1 Å². The van der Waals surface area contributed by atoms with E-state index in [1.54, 1.807) is 0 Å². The smallest absolute Gasteiger partial charge is 0.240 e. The van der Waals surface area contributed by atoms with Gasteiger partial charge < -0.3 is 5.32 Å². The summed E-state index contributed by atoms with van der Waals surface area (Å²) >= 11 is 4.99. The molecule has 0 saturated heterocycles. The fourth-order valence-corrected chi connectivity index (χ4v) is 2.15. The largest absolute Gasteiger partial charge is 0.333 e. The van der Waals surface area contributed by atoms with Crippen LogP contribution < -0.4 is 10.7 Å². The number of carbonyl (C=O) groups excluding carboxylic acids is 1. The Bertz CT molecular complexity index is 610. The Morgan fingerprint density at radius 1 is 1.32 bits per heavy atom. The summed E-state index contributed by atoms with van der Waals surface area (Å²) in [5, 5.41) is 4.70. The van der Waals surface area contributed by atoms with E-state index in [4.69, 9.17) is 12.2 Å². The van der Waals surface area contributed by atoms with Gasteiger partial charge in [0.25, 0.3) is 0 Å². The summed E-state index contributed by atoms with van der Waals surface area (Å²) in [6.45, 7) is 1.47. The van der Waals surface area contributed by atoms with Gasteiger partial charge in [-0.3, -0.25) is 10.2 Å². The number of amides is 1. The molecule has 1 atom stereocenters. The third-order valence-electron chi connectivity index (χ3n) is 2.82. The Kier molecular flexibility index (Phi) is 2.75. The number of carbonyl (C=O) groups is 1. The van der Waals surface area contributed by atoms with E-state index in [2.05, 4.69) is 20.7 Å². The van der Waals surface area contributed by atoms with Gasteiger partial charge in [0.15, 0.2) is 22.9 Å². The van der Waals surface area contributed by atoms with Gasteiger partial charge in [0.05, 0.1) is 0 Å². The van der Waals surface area contributed by atoms with Crippen LogP contribution in [0, 0.1) is 0 Å². The first-order valence-corrected chi connectivity index (χ1v) is 6.15. The van der Waals surface area contributed by atoms with Gasteiger partial charge >= 0.3 is 0 Å². The zero-order valence-corrected chi connectivity index (χ0v) is 10.9. The molecule has 0 saturated carbocycles. The normalized spacial score (nSPS) is 21.0. The van der Waals surface area contributed by atoms with Crippen molar-refractivity contribution in [3.8, 4) is 0 Å². The SMILES string of the molecule is CC(=O)N1NC(c2ccccc2)=NC2=NC(=S)NC21. The van der Waals surface area contributed by atoms with Gasteiger partial charge in [0.1, 0.15) is 0 Å². The monoisotopic (exact) mass is 273 g/mol. The molecule has 19 heavy (non-hydrogen) atoms. The number of thiocarbonyl (C=S) groups is 1. The van der Waals surface area contributed by atoms with Gasteiger partial charge in [-0.1, -0.05) is 30.3 Å². The molecule has 0 radical (unpaired) electrons. The lowest BCUT2D eigenvalue weighted by molar-refractivity contribution is -0.132. The van der Waals surface area contributed by atoms with E-state index >= 15 is 0 Å². The van der Waals surface area contributed by atoms with Crippen LogP contribution in [0.25, 0.3) is 0 Å². The summed E-state index contributed by atoms with van der Waals surface area (Å²) < 4.78 is 0. The van der Waals surface area contributed by atoms with E-state index in [0.29, 0.717) is 16.8 Å². The lowest BCUT2D eigenvalue weighted by atomic mass is 10.2. The molecule has 7 heteroatoms. The molecule has 3 rings (SSSR count). The van der Waals surface area contributed by atoms with Crippen LogP contribution in [0.4, 0.5) is 0 Å². The van der Waals surface area contributed by atoms with E-state index < -0.39 is 6.17 Å². The highest BCUT2D eigenvalue weighted by molar-refractivity contribution is 7.80. The third-order valence-corrected chi connectivity index (χ3v) is 3.03. The van der Waals surface area contributed by atoms with E-state index in [1.807, 2.05) is 30.3 Å². The number of hydrazine groups is 1. The number of fused-ring (bicyclic) bond motifs is 1. The number of nitrogens with zero attached hydrogens (tertiary/aromatic N) is 3. The second-order valence-electron chi connectivity index (χ2n) is 4.15. The van der Waals surface area contributed by atoms with Crippen molar-refractivity contribution in [2.24, 2.45) is 9.98 Å². The quantitative estimate of drug-likeness (QED) is 0.727. The Labute approximate surface area is 115 Å². The van der Waals surface area contributed by atoms with Crippen LogP contribution in [0.2, 0.25) is 0 Å². The summed E-state index contributed by atoms with van der Waals surface area (Å²) in [5.41, 5.74) is 3.87. The van der Waals surface area contributed by atoms with Gasteiger partial charge in [-0.15, -0.1) is 0 Å². The van der Waals surface area contributed by atoms with Crippen molar-refractivity contribution in [2.75, 3.05) is 0 Å². The zero-order chi connectivity index (χ0) is 13.4. The van der Waals surface area contributed by atoms with Crippen LogP contribution in [0.1, 0.15) is 12.5 Å². The number of benzene rings is 1. The highest BCUT2D eigenvalue weighted by Crippen LogP contribution is 2.13. The van der Waals surface area contributed by atoms with Crippen LogP contribution in [0.15, 0.2) is 40.3 Å². The van der Waals surface area contributed by atoms with Gasteiger partial charge in [-0.05, 0) is 12.2 Å². The summed E-state index contributed by atoms with van der Waals surface area (Å²) in [5.74, 6) is 0.938. The molecular weight excluding hydrogens is 262 g/mol. The molecule has 1 amide bonds. The molecule has 0 spiro atoms. The van der Waals surface area contributed by atoms with Crippen molar-refractivity contribution in [1.29, 1.82) is 0 Å². The van der Waals surface area contributed by atoms with E-state index in [0.717, 1.165) is 5.56 Å². The van der Waals surface area contributed by atoms with E-state index in [-0.39, 0.29) is 5.91 Å². The molecule has 0 fully saturated rings. The first kappa shape index (κ1) is 11.8. The van der Waals surface area contributed by atoms with Crippen LogP contribution >= 0.6 is 12.2 Å². The molecule has 0 bridgehead atoms. The molecule has 2 aliphatic heterocycles. The Morgan fingerprint density at radius 3 is 2.74 bits per heavy atom. The minimum atomic E-state index is -0.433. The first-order valence-electron chi connectivity index (χ1n) is 5.75. The minimum Gasteiger partial charge on any atom is -0.333 e.